The maximum atomic E-state index is 13.6. The molecule has 1 N–H and O–H groups in total. The Labute approximate surface area is 145 Å². The van der Waals surface area contributed by atoms with E-state index >= 15 is 0 Å². The Hall–Kier alpha value is -1.79. The number of rotatable bonds is 6. The second-order valence-corrected chi connectivity index (χ2v) is 6.66. The minimum atomic E-state index is -0.725. The Kier molecular flexibility index (Phi) is 5.49. The van der Waals surface area contributed by atoms with Crippen LogP contribution in [0, 0.1) is 18.6 Å². The molecule has 1 fully saturated rings. The molecule has 0 saturated heterocycles. The van der Waals surface area contributed by atoms with Crippen molar-refractivity contribution >= 4 is 0 Å². The lowest BCUT2D eigenvalue weighted by Crippen LogP contribution is -2.26. The first-order valence-corrected chi connectivity index (χ1v) is 8.50. The summed E-state index contributed by atoms with van der Waals surface area (Å²) >= 11 is 0. The monoisotopic (exact) mass is 352 g/mol. The van der Waals surface area contributed by atoms with E-state index < -0.39 is 17.8 Å². The molecule has 3 rings (SSSR count). The molecule has 1 aromatic carbocycles. The molecular formula is C19H23F3N2O. The molecular weight excluding hydrogens is 329 g/mol. The maximum Gasteiger partial charge on any atom is 0.128 e. The number of ether oxygens (including phenoxy) is 1. The minimum absolute atomic E-state index is 0.166. The average molecular weight is 352 g/mol. The van der Waals surface area contributed by atoms with Gasteiger partial charge in [-0.25, -0.2) is 13.2 Å². The Morgan fingerprint density at radius 3 is 2.52 bits per heavy atom. The summed E-state index contributed by atoms with van der Waals surface area (Å²) in [5.41, 5.74) is 3.28. The number of nitrogens with zero attached hydrogens (tertiary/aromatic N) is 1. The normalized spacial score (nSPS) is 20.4. The molecule has 2 atom stereocenters. The van der Waals surface area contributed by atoms with Crippen molar-refractivity contribution in [2.75, 3.05) is 7.11 Å². The van der Waals surface area contributed by atoms with E-state index in [1.165, 1.54) is 12.1 Å². The van der Waals surface area contributed by atoms with Gasteiger partial charge in [-0.3, -0.25) is 0 Å². The van der Waals surface area contributed by atoms with E-state index in [1.54, 1.807) is 11.7 Å². The van der Waals surface area contributed by atoms with Gasteiger partial charge in [0, 0.05) is 32.0 Å². The summed E-state index contributed by atoms with van der Waals surface area (Å²) in [4.78, 5) is 0. The molecule has 1 aliphatic rings. The van der Waals surface area contributed by atoms with E-state index in [9.17, 15) is 13.2 Å². The number of alkyl halides is 1. The summed E-state index contributed by atoms with van der Waals surface area (Å²) in [6, 6.07) is 3.61. The van der Waals surface area contributed by atoms with Gasteiger partial charge in [-0.05, 0) is 49.4 Å². The van der Waals surface area contributed by atoms with E-state index in [2.05, 4.69) is 5.32 Å². The van der Waals surface area contributed by atoms with Crippen molar-refractivity contribution in [3.8, 4) is 5.69 Å². The molecule has 0 radical (unpaired) electrons. The van der Waals surface area contributed by atoms with Crippen LogP contribution in [-0.2, 0) is 17.9 Å². The van der Waals surface area contributed by atoms with E-state index in [1.807, 2.05) is 13.1 Å². The molecule has 0 aliphatic heterocycles. The van der Waals surface area contributed by atoms with Crippen molar-refractivity contribution in [3.63, 3.8) is 0 Å². The fourth-order valence-electron chi connectivity index (χ4n) is 3.52. The zero-order valence-electron chi connectivity index (χ0n) is 14.5. The fraction of sp³-hybridized carbons (Fsp3) is 0.474. The number of methoxy groups -OCH3 is 1. The third kappa shape index (κ3) is 4.07. The van der Waals surface area contributed by atoms with Crippen LogP contribution < -0.4 is 5.32 Å². The van der Waals surface area contributed by atoms with Gasteiger partial charge in [0.15, 0.2) is 0 Å². The molecule has 3 nitrogen and oxygen atoms in total. The largest absolute Gasteiger partial charge is 0.378 e. The lowest BCUT2D eigenvalue weighted by Gasteiger charge is -2.15. The van der Waals surface area contributed by atoms with Crippen molar-refractivity contribution in [1.82, 2.24) is 9.88 Å². The SMILES string of the molecule is COCc1c(CN[C@H]2CC[C@@H](F)C2)c(C)cn1-c1cc(F)cc(F)c1. The summed E-state index contributed by atoms with van der Waals surface area (Å²) in [6.07, 6.45) is 3.10. The summed E-state index contributed by atoms with van der Waals surface area (Å²) in [5, 5.41) is 3.40. The number of hydrogen-bond acceptors (Lipinski definition) is 2. The number of aromatic nitrogens is 1. The molecule has 0 amide bonds. The summed E-state index contributed by atoms with van der Waals surface area (Å²) in [5.74, 6) is -1.24. The van der Waals surface area contributed by atoms with Crippen LogP contribution in [0.15, 0.2) is 24.4 Å². The summed E-state index contributed by atoms with van der Waals surface area (Å²) in [6.45, 7) is 2.85. The van der Waals surface area contributed by atoms with Crippen LogP contribution in [-0.4, -0.2) is 23.9 Å². The van der Waals surface area contributed by atoms with Crippen LogP contribution in [0.1, 0.15) is 36.1 Å². The first-order valence-electron chi connectivity index (χ1n) is 8.50. The number of aryl methyl sites for hydroxylation is 1. The molecule has 6 heteroatoms. The quantitative estimate of drug-likeness (QED) is 0.844. The molecule has 2 aromatic rings. The first kappa shape index (κ1) is 18.0. The van der Waals surface area contributed by atoms with Crippen molar-refractivity contribution in [3.05, 3.63) is 52.9 Å². The zero-order chi connectivity index (χ0) is 18.0. The zero-order valence-corrected chi connectivity index (χ0v) is 14.5. The van der Waals surface area contributed by atoms with Crippen LogP contribution in [0.2, 0.25) is 0 Å². The van der Waals surface area contributed by atoms with Gasteiger partial charge in [0.05, 0.1) is 18.0 Å². The molecule has 136 valence electrons. The Morgan fingerprint density at radius 2 is 1.92 bits per heavy atom. The topological polar surface area (TPSA) is 26.2 Å². The molecule has 1 saturated carbocycles. The Balaban J connectivity index is 1.89. The maximum absolute atomic E-state index is 13.6. The van der Waals surface area contributed by atoms with E-state index in [0.717, 1.165) is 29.3 Å². The first-order chi connectivity index (χ1) is 12.0. The van der Waals surface area contributed by atoms with Crippen LogP contribution >= 0.6 is 0 Å². The minimum Gasteiger partial charge on any atom is -0.378 e. The predicted octanol–water partition coefficient (Wildman–Crippen LogP) is 4.19. The number of hydrogen-bond donors (Lipinski definition) is 1. The van der Waals surface area contributed by atoms with Crippen LogP contribution in [0.3, 0.4) is 0 Å². The van der Waals surface area contributed by atoms with Crippen molar-refractivity contribution in [2.24, 2.45) is 0 Å². The third-order valence-electron chi connectivity index (χ3n) is 4.78. The number of benzene rings is 1. The van der Waals surface area contributed by atoms with E-state index in [-0.39, 0.29) is 6.04 Å². The fourth-order valence-corrected chi connectivity index (χ4v) is 3.52. The lowest BCUT2D eigenvalue weighted by atomic mass is 10.1. The van der Waals surface area contributed by atoms with Crippen LogP contribution in [0.25, 0.3) is 5.69 Å². The van der Waals surface area contributed by atoms with E-state index in [0.29, 0.717) is 31.7 Å². The second-order valence-electron chi connectivity index (χ2n) is 6.66. The highest BCUT2D eigenvalue weighted by Crippen LogP contribution is 2.26. The number of nitrogens with one attached hydrogen (secondary N) is 1. The van der Waals surface area contributed by atoms with Gasteiger partial charge in [-0.2, -0.15) is 0 Å². The number of halogens is 3. The molecule has 0 bridgehead atoms. The highest BCUT2D eigenvalue weighted by molar-refractivity contribution is 5.42. The standard InChI is InChI=1S/C19H23F3N2O/c1-12-10-24(17-7-14(21)5-15(22)8-17)19(11-25-2)18(12)9-23-16-4-3-13(20)6-16/h5,7-8,10,13,16,23H,3-4,6,9,11H2,1-2H3/t13-,16+/m1/s1. The van der Waals surface area contributed by atoms with Gasteiger partial charge in [-0.15, -0.1) is 0 Å². The summed E-state index contributed by atoms with van der Waals surface area (Å²) in [7, 11) is 1.58. The van der Waals surface area contributed by atoms with Crippen molar-refractivity contribution in [2.45, 2.75) is 51.6 Å². The lowest BCUT2D eigenvalue weighted by molar-refractivity contribution is 0.179. The van der Waals surface area contributed by atoms with Crippen molar-refractivity contribution in [1.29, 1.82) is 0 Å². The van der Waals surface area contributed by atoms with Gasteiger partial charge in [-0.1, -0.05) is 0 Å². The molecule has 1 heterocycles. The van der Waals surface area contributed by atoms with Crippen molar-refractivity contribution < 1.29 is 17.9 Å². The molecule has 1 aromatic heterocycles. The summed E-state index contributed by atoms with van der Waals surface area (Å²) < 4.78 is 47.6. The van der Waals surface area contributed by atoms with Gasteiger partial charge >= 0.3 is 0 Å². The Bertz CT molecular complexity index is 724. The van der Waals surface area contributed by atoms with Crippen LogP contribution in [0.4, 0.5) is 13.2 Å². The molecule has 25 heavy (non-hydrogen) atoms. The highest BCUT2D eigenvalue weighted by atomic mass is 19.1. The molecule has 1 aliphatic carbocycles. The smallest absolute Gasteiger partial charge is 0.128 e. The third-order valence-corrected chi connectivity index (χ3v) is 4.78. The Morgan fingerprint density at radius 1 is 1.20 bits per heavy atom. The van der Waals surface area contributed by atoms with Gasteiger partial charge < -0.3 is 14.6 Å². The van der Waals surface area contributed by atoms with Crippen LogP contribution in [0.5, 0.6) is 0 Å². The van der Waals surface area contributed by atoms with E-state index in [4.69, 9.17) is 4.74 Å². The second kappa shape index (κ2) is 7.62. The molecule has 0 spiro atoms. The highest BCUT2D eigenvalue weighted by Gasteiger charge is 2.24. The molecule has 0 unspecified atom stereocenters. The predicted molar refractivity (Wildman–Crippen MR) is 90.5 cm³/mol. The van der Waals surface area contributed by atoms with Gasteiger partial charge in [0.2, 0.25) is 0 Å². The van der Waals surface area contributed by atoms with Gasteiger partial charge in [0.25, 0.3) is 0 Å². The van der Waals surface area contributed by atoms with Gasteiger partial charge in [0.1, 0.15) is 17.8 Å². The average Bonchev–Trinajstić information content (AvgIpc) is 3.09.